The standard InChI is InChI=1S/C15H23N5O2/c1-4-5-9-20-12(10-7-6-8-16-10)17-11-13(20)18(2)15(22)19(3)14(11)21/h10,16H,4-9H2,1-3H3. The highest BCUT2D eigenvalue weighted by molar-refractivity contribution is 5.71. The molecule has 0 aliphatic carbocycles. The van der Waals surface area contributed by atoms with Gasteiger partial charge in [0.25, 0.3) is 5.56 Å². The number of hydrogen-bond donors (Lipinski definition) is 1. The summed E-state index contributed by atoms with van der Waals surface area (Å²) in [4.78, 5) is 29.3. The van der Waals surface area contributed by atoms with E-state index in [9.17, 15) is 9.59 Å². The largest absolute Gasteiger partial charge is 0.332 e. The topological polar surface area (TPSA) is 73.8 Å². The number of rotatable bonds is 4. The van der Waals surface area contributed by atoms with Gasteiger partial charge in [0.05, 0.1) is 6.04 Å². The predicted molar refractivity (Wildman–Crippen MR) is 85.1 cm³/mol. The lowest BCUT2D eigenvalue weighted by atomic mass is 10.2. The van der Waals surface area contributed by atoms with Gasteiger partial charge in [-0.1, -0.05) is 13.3 Å². The van der Waals surface area contributed by atoms with Crippen LogP contribution in [0.5, 0.6) is 0 Å². The van der Waals surface area contributed by atoms with Crippen molar-refractivity contribution < 1.29 is 0 Å². The molecule has 0 amide bonds. The third kappa shape index (κ3) is 2.20. The van der Waals surface area contributed by atoms with Gasteiger partial charge in [0.15, 0.2) is 5.52 Å². The maximum absolute atomic E-state index is 12.4. The molecule has 1 unspecified atom stereocenters. The number of hydrogen-bond acceptors (Lipinski definition) is 4. The number of aryl methyl sites for hydroxylation is 2. The molecule has 2 aromatic heterocycles. The van der Waals surface area contributed by atoms with Gasteiger partial charge in [-0.05, 0) is 25.8 Å². The Morgan fingerprint density at radius 3 is 2.68 bits per heavy atom. The summed E-state index contributed by atoms with van der Waals surface area (Å²) < 4.78 is 4.73. The van der Waals surface area contributed by atoms with Crippen LogP contribution in [0.3, 0.4) is 0 Å². The molecule has 120 valence electrons. The Morgan fingerprint density at radius 2 is 2.05 bits per heavy atom. The van der Waals surface area contributed by atoms with Crippen LogP contribution in [0, 0.1) is 0 Å². The zero-order valence-corrected chi connectivity index (χ0v) is 13.4. The molecule has 0 bridgehead atoms. The summed E-state index contributed by atoms with van der Waals surface area (Å²) in [6.45, 7) is 3.88. The molecule has 0 spiro atoms. The summed E-state index contributed by atoms with van der Waals surface area (Å²) in [7, 11) is 3.21. The highest BCUT2D eigenvalue weighted by atomic mass is 16.2. The van der Waals surface area contributed by atoms with Crippen molar-refractivity contribution in [2.45, 2.75) is 45.2 Å². The van der Waals surface area contributed by atoms with E-state index in [-0.39, 0.29) is 17.3 Å². The molecule has 7 heteroatoms. The molecule has 0 aromatic carbocycles. The molecule has 1 N–H and O–H groups in total. The van der Waals surface area contributed by atoms with Crippen molar-refractivity contribution in [3.63, 3.8) is 0 Å². The quantitative estimate of drug-likeness (QED) is 0.900. The van der Waals surface area contributed by atoms with E-state index in [4.69, 9.17) is 0 Å². The predicted octanol–water partition coefficient (Wildman–Crippen LogP) is 0.658. The minimum Gasteiger partial charge on any atom is -0.312 e. The van der Waals surface area contributed by atoms with Gasteiger partial charge in [-0.3, -0.25) is 13.9 Å². The van der Waals surface area contributed by atoms with Crippen molar-refractivity contribution >= 4 is 11.2 Å². The van der Waals surface area contributed by atoms with Crippen LogP contribution >= 0.6 is 0 Å². The molecule has 1 aliphatic heterocycles. The molecule has 3 rings (SSSR count). The Hall–Kier alpha value is -1.89. The fourth-order valence-corrected chi connectivity index (χ4v) is 3.21. The minimum absolute atomic E-state index is 0.170. The monoisotopic (exact) mass is 305 g/mol. The zero-order valence-electron chi connectivity index (χ0n) is 13.4. The second-order valence-electron chi connectivity index (χ2n) is 6.00. The summed E-state index contributed by atoms with van der Waals surface area (Å²) >= 11 is 0. The zero-order chi connectivity index (χ0) is 15.9. The van der Waals surface area contributed by atoms with Crippen molar-refractivity contribution in [3.05, 3.63) is 26.7 Å². The lowest BCUT2D eigenvalue weighted by Gasteiger charge is -2.14. The van der Waals surface area contributed by atoms with Gasteiger partial charge in [-0.15, -0.1) is 0 Å². The van der Waals surface area contributed by atoms with Gasteiger partial charge in [0, 0.05) is 20.6 Å². The fourth-order valence-electron chi connectivity index (χ4n) is 3.21. The number of unbranched alkanes of at least 4 members (excludes halogenated alkanes) is 1. The molecule has 7 nitrogen and oxygen atoms in total. The van der Waals surface area contributed by atoms with Crippen molar-refractivity contribution in [1.82, 2.24) is 24.0 Å². The van der Waals surface area contributed by atoms with E-state index in [1.165, 1.54) is 11.6 Å². The van der Waals surface area contributed by atoms with E-state index in [1.807, 2.05) is 0 Å². The maximum Gasteiger partial charge on any atom is 0.332 e. The highest BCUT2D eigenvalue weighted by Gasteiger charge is 2.26. The van der Waals surface area contributed by atoms with E-state index in [1.54, 1.807) is 7.05 Å². The number of fused-ring (bicyclic) bond motifs is 1. The van der Waals surface area contributed by atoms with Crippen LogP contribution in [-0.4, -0.2) is 25.2 Å². The van der Waals surface area contributed by atoms with Gasteiger partial charge in [-0.2, -0.15) is 0 Å². The van der Waals surface area contributed by atoms with Crippen molar-refractivity contribution in [1.29, 1.82) is 0 Å². The number of nitrogens with zero attached hydrogens (tertiary/aromatic N) is 4. The maximum atomic E-state index is 12.4. The normalized spacial score (nSPS) is 18.4. The van der Waals surface area contributed by atoms with E-state index < -0.39 is 0 Å². The van der Waals surface area contributed by atoms with Crippen LogP contribution in [-0.2, 0) is 20.6 Å². The Morgan fingerprint density at radius 1 is 1.27 bits per heavy atom. The second-order valence-corrected chi connectivity index (χ2v) is 6.00. The van der Waals surface area contributed by atoms with E-state index in [0.717, 1.165) is 49.2 Å². The van der Waals surface area contributed by atoms with E-state index in [0.29, 0.717) is 11.2 Å². The van der Waals surface area contributed by atoms with Crippen molar-refractivity contribution in [3.8, 4) is 0 Å². The molecule has 3 heterocycles. The van der Waals surface area contributed by atoms with Crippen molar-refractivity contribution in [2.75, 3.05) is 6.54 Å². The average molecular weight is 305 g/mol. The van der Waals surface area contributed by atoms with Crippen LogP contribution < -0.4 is 16.6 Å². The summed E-state index contributed by atoms with van der Waals surface area (Å²) in [5.41, 5.74) is 0.420. The molecular formula is C15H23N5O2. The highest BCUT2D eigenvalue weighted by Crippen LogP contribution is 2.25. The summed E-state index contributed by atoms with van der Waals surface area (Å²) in [5, 5.41) is 3.44. The third-order valence-corrected chi connectivity index (χ3v) is 4.48. The van der Waals surface area contributed by atoms with Gasteiger partial charge in [-0.25, -0.2) is 9.78 Å². The Kier molecular flexibility index (Phi) is 3.90. The Labute approximate surface area is 128 Å². The number of imidazole rings is 1. The molecule has 0 radical (unpaired) electrons. The molecule has 1 atom stereocenters. The number of nitrogens with one attached hydrogen (secondary N) is 1. The van der Waals surface area contributed by atoms with E-state index in [2.05, 4.69) is 21.8 Å². The van der Waals surface area contributed by atoms with Gasteiger partial charge >= 0.3 is 5.69 Å². The third-order valence-electron chi connectivity index (χ3n) is 4.48. The molecular weight excluding hydrogens is 282 g/mol. The second kappa shape index (κ2) is 5.72. The van der Waals surface area contributed by atoms with Crippen LogP contribution in [0.25, 0.3) is 11.2 Å². The lowest BCUT2D eigenvalue weighted by Crippen LogP contribution is -2.37. The van der Waals surface area contributed by atoms with Crippen LogP contribution in [0.4, 0.5) is 0 Å². The number of aromatic nitrogens is 4. The first-order valence-electron chi connectivity index (χ1n) is 7.95. The summed E-state index contributed by atoms with van der Waals surface area (Å²) in [6.07, 6.45) is 4.17. The van der Waals surface area contributed by atoms with Crippen LogP contribution in [0.2, 0.25) is 0 Å². The van der Waals surface area contributed by atoms with Gasteiger partial charge in [0.1, 0.15) is 11.5 Å². The summed E-state index contributed by atoms with van der Waals surface area (Å²) in [5.74, 6) is 0.888. The molecule has 0 saturated carbocycles. The average Bonchev–Trinajstić information content (AvgIpc) is 3.15. The minimum atomic E-state index is -0.312. The molecule has 1 saturated heterocycles. The first kappa shape index (κ1) is 15.0. The van der Waals surface area contributed by atoms with Gasteiger partial charge in [0.2, 0.25) is 0 Å². The van der Waals surface area contributed by atoms with Crippen LogP contribution in [0.1, 0.15) is 44.5 Å². The Bertz CT molecular complexity index is 808. The molecule has 2 aromatic rings. The van der Waals surface area contributed by atoms with E-state index >= 15 is 0 Å². The van der Waals surface area contributed by atoms with Crippen molar-refractivity contribution in [2.24, 2.45) is 14.1 Å². The lowest BCUT2D eigenvalue weighted by molar-refractivity contribution is 0.532. The Balaban J connectivity index is 2.31. The van der Waals surface area contributed by atoms with Gasteiger partial charge < -0.3 is 9.88 Å². The first-order valence-corrected chi connectivity index (χ1v) is 7.95. The molecule has 22 heavy (non-hydrogen) atoms. The molecule has 1 fully saturated rings. The SMILES string of the molecule is CCCCn1c(C2CCCN2)nc2c(=O)n(C)c(=O)n(C)c21. The summed E-state index contributed by atoms with van der Waals surface area (Å²) in [6, 6.07) is 0.170. The molecule has 1 aliphatic rings. The first-order chi connectivity index (χ1) is 10.6. The smallest absolute Gasteiger partial charge is 0.312 e. The van der Waals surface area contributed by atoms with Crippen LogP contribution in [0.15, 0.2) is 9.59 Å². The fraction of sp³-hybridized carbons (Fsp3) is 0.667.